The van der Waals surface area contributed by atoms with E-state index in [-0.39, 0.29) is 12.1 Å². The van der Waals surface area contributed by atoms with Crippen molar-refractivity contribution in [2.75, 3.05) is 6.61 Å². The first-order valence-electron chi connectivity index (χ1n) is 4.82. The molecule has 0 saturated heterocycles. The van der Waals surface area contributed by atoms with Crippen LogP contribution in [0.5, 0.6) is 0 Å². The van der Waals surface area contributed by atoms with Crippen LogP contribution in [0.15, 0.2) is 12.7 Å². The summed E-state index contributed by atoms with van der Waals surface area (Å²) in [4.78, 5) is 10.8. The van der Waals surface area contributed by atoms with Gasteiger partial charge in [-0.1, -0.05) is 6.58 Å². The summed E-state index contributed by atoms with van der Waals surface area (Å²) < 4.78 is 10.6. The fourth-order valence-electron chi connectivity index (χ4n) is 0.836. The Morgan fingerprint density at radius 3 is 2.50 bits per heavy atom. The van der Waals surface area contributed by atoms with Crippen molar-refractivity contribution in [3.05, 3.63) is 12.7 Å². The van der Waals surface area contributed by atoms with Gasteiger partial charge in [0.15, 0.2) is 8.32 Å². The second-order valence-electron chi connectivity index (χ2n) is 4.20. The van der Waals surface area contributed by atoms with E-state index >= 15 is 0 Å². The smallest absolute Gasteiger partial charge is 0.330 e. The summed E-state index contributed by atoms with van der Waals surface area (Å²) in [5.41, 5.74) is 0. The van der Waals surface area contributed by atoms with Gasteiger partial charge >= 0.3 is 5.97 Å². The molecule has 0 aromatic heterocycles. The van der Waals surface area contributed by atoms with Gasteiger partial charge in [-0.3, -0.25) is 0 Å². The summed E-state index contributed by atoms with van der Waals surface area (Å²) >= 11 is 0. The topological polar surface area (TPSA) is 35.5 Å². The number of carbonyl (C=O) groups is 1. The zero-order valence-electron chi connectivity index (χ0n) is 9.50. The predicted octanol–water partition coefficient (Wildman–Crippen LogP) is 2.35. The summed E-state index contributed by atoms with van der Waals surface area (Å²) in [6.45, 7) is 12.2. The number of esters is 1. The lowest BCUT2D eigenvalue weighted by atomic mass is 10.3. The number of ether oxygens (including phenoxy) is 1. The normalized spacial score (nSPS) is 13.4. The Labute approximate surface area is 87.2 Å². The Morgan fingerprint density at radius 1 is 1.50 bits per heavy atom. The van der Waals surface area contributed by atoms with Crippen LogP contribution >= 0.6 is 0 Å². The van der Waals surface area contributed by atoms with Crippen molar-refractivity contribution in [1.29, 1.82) is 0 Å². The molecule has 0 aliphatic carbocycles. The van der Waals surface area contributed by atoms with Gasteiger partial charge in [0.25, 0.3) is 0 Å². The highest BCUT2D eigenvalue weighted by molar-refractivity contribution is 6.69. The van der Waals surface area contributed by atoms with E-state index in [0.29, 0.717) is 6.61 Å². The summed E-state index contributed by atoms with van der Waals surface area (Å²) in [5, 5.41) is 0. The van der Waals surface area contributed by atoms with Gasteiger partial charge < -0.3 is 9.16 Å². The van der Waals surface area contributed by atoms with Crippen LogP contribution in [-0.4, -0.2) is 27.0 Å². The highest BCUT2D eigenvalue weighted by Crippen LogP contribution is 2.05. The number of rotatable bonds is 6. The molecular weight excluding hydrogens is 196 g/mol. The van der Waals surface area contributed by atoms with Crippen LogP contribution < -0.4 is 0 Å². The minimum Gasteiger partial charge on any atom is -0.459 e. The van der Waals surface area contributed by atoms with Crippen LogP contribution in [0.2, 0.25) is 19.6 Å². The van der Waals surface area contributed by atoms with Crippen molar-refractivity contribution >= 4 is 14.3 Å². The lowest BCUT2D eigenvalue weighted by Crippen LogP contribution is -2.27. The van der Waals surface area contributed by atoms with Crippen LogP contribution in [0.4, 0.5) is 0 Å². The van der Waals surface area contributed by atoms with Gasteiger partial charge in [-0.15, -0.1) is 0 Å². The Bertz CT molecular complexity index is 196. The molecule has 0 aromatic rings. The van der Waals surface area contributed by atoms with Crippen LogP contribution in [-0.2, 0) is 14.0 Å². The van der Waals surface area contributed by atoms with Gasteiger partial charge in [0, 0.05) is 19.1 Å². The monoisotopic (exact) mass is 216 g/mol. The van der Waals surface area contributed by atoms with E-state index in [1.54, 1.807) is 0 Å². The first-order chi connectivity index (χ1) is 6.35. The third kappa shape index (κ3) is 8.01. The Hall–Kier alpha value is -0.613. The van der Waals surface area contributed by atoms with E-state index in [2.05, 4.69) is 26.2 Å². The lowest BCUT2D eigenvalue weighted by Gasteiger charge is -2.19. The molecule has 0 bridgehead atoms. The third-order valence-corrected chi connectivity index (χ3v) is 2.61. The van der Waals surface area contributed by atoms with Crippen molar-refractivity contribution in [1.82, 2.24) is 0 Å². The Morgan fingerprint density at radius 2 is 2.07 bits per heavy atom. The van der Waals surface area contributed by atoms with E-state index in [1.165, 1.54) is 6.08 Å². The quantitative estimate of drug-likeness (QED) is 0.388. The number of carbonyl (C=O) groups excluding carboxylic acids is 1. The molecule has 0 amide bonds. The summed E-state index contributed by atoms with van der Waals surface area (Å²) in [7, 11) is -1.43. The Balaban J connectivity index is 3.59. The van der Waals surface area contributed by atoms with Gasteiger partial charge in [-0.05, 0) is 26.6 Å². The second kappa shape index (κ2) is 5.98. The highest BCUT2D eigenvalue weighted by atomic mass is 28.4. The van der Waals surface area contributed by atoms with Crippen LogP contribution in [0.1, 0.15) is 13.3 Å². The van der Waals surface area contributed by atoms with Crippen LogP contribution in [0.25, 0.3) is 0 Å². The molecule has 14 heavy (non-hydrogen) atoms. The molecule has 0 aliphatic rings. The summed E-state index contributed by atoms with van der Waals surface area (Å²) in [5.74, 6) is -0.370. The van der Waals surface area contributed by atoms with Gasteiger partial charge in [0.2, 0.25) is 0 Å². The van der Waals surface area contributed by atoms with Crippen molar-refractivity contribution in [2.24, 2.45) is 0 Å². The first kappa shape index (κ1) is 13.4. The van der Waals surface area contributed by atoms with E-state index in [4.69, 9.17) is 9.16 Å². The van der Waals surface area contributed by atoms with E-state index < -0.39 is 8.32 Å². The molecule has 1 atom stereocenters. The zero-order valence-corrected chi connectivity index (χ0v) is 10.5. The Kier molecular flexibility index (Phi) is 5.72. The van der Waals surface area contributed by atoms with Gasteiger partial charge in [-0.25, -0.2) is 4.79 Å². The summed E-state index contributed by atoms with van der Waals surface area (Å²) in [6, 6.07) is 0. The van der Waals surface area contributed by atoms with Crippen molar-refractivity contribution in [2.45, 2.75) is 39.1 Å². The standard InChI is InChI=1S/C10H20O3Si/c1-6-10(11)13-9(2)7-8-12-14(3,4)5/h6,9H,1,7-8H2,2-5H3. The van der Waals surface area contributed by atoms with E-state index in [1.807, 2.05) is 6.92 Å². The maximum Gasteiger partial charge on any atom is 0.330 e. The average Bonchev–Trinajstić information content (AvgIpc) is 2.01. The molecule has 3 nitrogen and oxygen atoms in total. The van der Waals surface area contributed by atoms with Crippen molar-refractivity contribution in [3.8, 4) is 0 Å². The van der Waals surface area contributed by atoms with Crippen LogP contribution in [0, 0.1) is 0 Å². The predicted molar refractivity (Wildman–Crippen MR) is 59.7 cm³/mol. The molecule has 0 saturated carbocycles. The third-order valence-electron chi connectivity index (χ3n) is 1.54. The molecule has 0 rings (SSSR count). The SMILES string of the molecule is C=CC(=O)OC(C)CCO[Si](C)(C)C. The molecule has 0 radical (unpaired) electrons. The lowest BCUT2D eigenvalue weighted by molar-refractivity contribution is -0.142. The molecule has 0 fully saturated rings. The molecule has 0 spiro atoms. The zero-order chi connectivity index (χ0) is 11.2. The van der Waals surface area contributed by atoms with E-state index in [9.17, 15) is 4.79 Å². The van der Waals surface area contributed by atoms with Crippen molar-refractivity contribution in [3.63, 3.8) is 0 Å². The molecule has 0 heterocycles. The molecule has 0 aliphatic heterocycles. The summed E-state index contributed by atoms with van der Waals surface area (Å²) in [6.07, 6.45) is 1.82. The fourth-order valence-corrected chi connectivity index (χ4v) is 1.57. The van der Waals surface area contributed by atoms with Gasteiger partial charge in [0.1, 0.15) is 6.10 Å². The minimum absolute atomic E-state index is 0.100. The fraction of sp³-hybridized carbons (Fsp3) is 0.700. The van der Waals surface area contributed by atoms with Crippen molar-refractivity contribution < 1.29 is 14.0 Å². The van der Waals surface area contributed by atoms with E-state index in [0.717, 1.165) is 6.42 Å². The molecular formula is C10H20O3Si. The highest BCUT2D eigenvalue weighted by Gasteiger charge is 2.15. The first-order valence-corrected chi connectivity index (χ1v) is 8.23. The molecule has 82 valence electrons. The maximum absolute atomic E-state index is 10.8. The number of hydrogen-bond donors (Lipinski definition) is 0. The molecule has 0 aromatic carbocycles. The number of hydrogen-bond acceptors (Lipinski definition) is 3. The molecule has 0 N–H and O–H groups in total. The average molecular weight is 216 g/mol. The largest absolute Gasteiger partial charge is 0.459 e. The molecule has 4 heteroatoms. The van der Waals surface area contributed by atoms with Gasteiger partial charge in [0.05, 0.1) is 0 Å². The minimum atomic E-state index is -1.43. The van der Waals surface area contributed by atoms with Crippen LogP contribution in [0.3, 0.4) is 0 Å². The maximum atomic E-state index is 10.8. The molecule has 1 unspecified atom stereocenters. The second-order valence-corrected chi connectivity index (χ2v) is 8.71. The van der Waals surface area contributed by atoms with Gasteiger partial charge in [-0.2, -0.15) is 0 Å².